The lowest BCUT2D eigenvalue weighted by atomic mass is 10.1. The Labute approximate surface area is 292 Å². The van der Waals surface area contributed by atoms with Crippen molar-refractivity contribution in [2.24, 2.45) is 0 Å². The summed E-state index contributed by atoms with van der Waals surface area (Å²) in [5, 5.41) is 5.78. The van der Waals surface area contributed by atoms with Gasteiger partial charge < -0.3 is 13.6 Å². The number of hydrogen-bond acceptors (Lipinski definition) is 3. The van der Waals surface area contributed by atoms with Gasteiger partial charge in [0, 0.05) is 43.7 Å². The standard InChI is InChI=1S/C46H28N4O/c1-3-15-29(16-4-1)46-47-42(45-43(48-46)35-22-10-14-26-40(35)51-45)34-21-9-13-25-38(34)50-36-23-11-7-19-31(36)32-27-28-39-41(44(32)50)33-20-8-12-24-37(33)49(39)30-17-5-2-6-18-30/h1-28H. The van der Waals surface area contributed by atoms with Crippen molar-refractivity contribution in [3.05, 3.63) is 170 Å². The zero-order chi connectivity index (χ0) is 33.5. The summed E-state index contributed by atoms with van der Waals surface area (Å²) in [4.78, 5) is 10.4. The summed E-state index contributed by atoms with van der Waals surface area (Å²) < 4.78 is 11.4. The molecular formula is C46H28N4O. The molecule has 0 aliphatic heterocycles. The number of hydrogen-bond donors (Lipinski definition) is 0. The van der Waals surface area contributed by atoms with E-state index >= 15 is 0 Å². The summed E-state index contributed by atoms with van der Waals surface area (Å²) >= 11 is 0. The monoisotopic (exact) mass is 652 g/mol. The van der Waals surface area contributed by atoms with E-state index in [9.17, 15) is 0 Å². The SMILES string of the molecule is c1ccc(-c2nc(-c3ccccc3-n3c4ccccc4c4ccc5c(c6ccccc6n5-c5ccccc5)c43)c3oc4ccccc4c3n2)cc1. The van der Waals surface area contributed by atoms with Crippen LogP contribution >= 0.6 is 0 Å². The topological polar surface area (TPSA) is 48.8 Å². The molecule has 238 valence electrons. The summed E-state index contributed by atoms with van der Waals surface area (Å²) in [7, 11) is 0. The smallest absolute Gasteiger partial charge is 0.180 e. The maximum absolute atomic E-state index is 6.62. The highest BCUT2D eigenvalue weighted by Gasteiger charge is 2.24. The Morgan fingerprint density at radius 3 is 1.92 bits per heavy atom. The van der Waals surface area contributed by atoms with Crippen molar-refractivity contribution in [2.75, 3.05) is 0 Å². The van der Waals surface area contributed by atoms with Crippen LogP contribution in [0.2, 0.25) is 0 Å². The van der Waals surface area contributed by atoms with E-state index in [1.807, 2.05) is 36.4 Å². The molecule has 0 radical (unpaired) electrons. The second-order valence-corrected chi connectivity index (χ2v) is 13.0. The third-order valence-corrected chi connectivity index (χ3v) is 10.1. The fraction of sp³-hybridized carbons (Fsp3) is 0. The molecule has 0 bridgehead atoms. The molecule has 0 atom stereocenters. The van der Waals surface area contributed by atoms with Gasteiger partial charge in [-0.15, -0.1) is 0 Å². The summed E-state index contributed by atoms with van der Waals surface area (Å²) in [6, 6.07) is 59.5. The van der Waals surface area contributed by atoms with Gasteiger partial charge in [-0.05, 0) is 48.5 Å². The van der Waals surface area contributed by atoms with Crippen molar-refractivity contribution in [1.82, 2.24) is 19.1 Å². The average molecular weight is 653 g/mol. The predicted molar refractivity (Wildman–Crippen MR) is 209 cm³/mol. The third kappa shape index (κ3) is 4.03. The van der Waals surface area contributed by atoms with Crippen LogP contribution in [0.1, 0.15) is 0 Å². The summed E-state index contributed by atoms with van der Waals surface area (Å²) in [6.45, 7) is 0. The highest BCUT2D eigenvalue weighted by atomic mass is 16.3. The van der Waals surface area contributed by atoms with Crippen LogP contribution in [0.3, 0.4) is 0 Å². The van der Waals surface area contributed by atoms with Gasteiger partial charge in [-0.3, -0.25) is 0 Å². The van der Waals surface area contributed by atoms with Gasteiger partial charge in [0.2, 0.25) is 0 Å². The normalized spacial score (nSPS) is 11.9. The minimum Gasteiger partial charge on any atom is -0.452 e. The molecule has 5 nitrogen and oxygen atoms in total. The molecular weight excluding hydrogens is 625 g/mol. The van der Waals surface area contributed by atoms with Crippen LogP contribution in [0.25, 0.3) is 99.7 Å². The van der Waals surface area contributed by atoms with E-state index in [4.69, 9.17) is 14.4 Å². The van der Waals surface area contributed by atoms with Gasteiger partial charge in [0.1, 0.15) is 16.8 Å². The number of furan rings is 1. The summed E-state index contributed by atoms with van der Waals surface area (Å²) in [6.07, 6.45) is 0. The average Bonchev–Trinajstić information content (AvgIpc) is 3.86. The highest BCUT2D eigenvalue weighted by molar-refractivity contribution is 6.26. The lowest BCUT2D eigenvalue weighted by Gasteiger charge is -2.15. The summed E-state index contributed by atoms with van der Waals surface area (Å²) in [5.41, 5.74) is 11.7. The number of rotatable bonds is 4. The molecule has 11 rings (SSSR count). The summed E-state index contributed by atoms with van der Waals surface area (Å²) in [5.74, 6) is 0.662. The van der Waals surface area contributed by atoms with E-state index in [-0.39, 0.29) is 0 Å². The lowest BCUT2D eigenvalue weighted by Crippen LogP contribution is -2.00. The molecule has 7 aromatic carbocycles. The fourth-order valence-electron chi connectivity index (χ4n) is 7.97. The first-order chi connectivity index (χ1) is 25.3. The number of benzene rings is 7. The quantitative estimate of drug-likeness (QED) is 0.190. The van der Waals surface area contributed by atoms with E-state index in [1.165, 1.54) is 27.1 Å². The van der Waals surface area contributed by atoms with Crippen LogP contribution < -0.4 is 0 Å². The molecule has 4 aromatic heterocycles. The minimum atomic E-state index is 0.662. The van der Waals surface area contributed by atoms with Crippen LogP contribution in [0.15, 0.2) is 174 Å². The molecule has 0 saturated heterocycles. The minimum absolute atomic E-state index is 0.662. The highest BCUT2D eigenvalue weighted by Crippen LogP contribution is 2.44. The van der Waals surface area contributed by atoms with E-state index < -0.39 is 0 Å². The van der Waals surface area contributed by atoms with Gasteiger partial charge in [0.25, 0.3) is 0 Å². The van der Waals surface area contributed by atoms with Crippen LogP contribution in [0.5, 0.6) is 0 Å². The molecule has 0 unspecified atom stereocenters. The maximum Gasteiger partial charge on any atom is 0.180 e. The first kappa shape index (κ1) is 27.9. The molecule has 51 heavy (non-hydrogen) atoms. The van der Waals surface area contributed by atoms with Crippen molar-refractivity contribution in [2.45, 2.75) is 0 Å². The Hall–Kier alpha value is -6.98. The molecule has 0 spiro atoms. The van der Waals surface area contributed by atoms with E-state index in [0.717, 1.165) is 61.2 Å². The van der Waals surface area contributed by atoms with Crippen LogP contribution in [-0.2, 0) is 0 Å². The molecule has 0 N–H and O–H groups in total. The number of fused-ring (bicyclic) bond motifs is 10. The van der Waals surface area contributed by atoms with Gasteiger partial charge in [-0.1, -0.05) is 121 Å². The molecule has 4 heterocycles. The first-order valence-corrected chi connectivity index (χ1v) is 17.2. The second-order valence-electron chi connectivity index (χ2n) is 13.0. The molecule has 11 aromatic rings. The van der Waals surface area contributed by atoms with Gasteiger partial charge in [-0.25, -0.2) is 9.97 Å². The Morgan fingerprint density at radius 2 is 1.10 bits per heavy atom. The molecule has 0 fully saturated rings. The van der Waals surface area contributed by atoms with E-state index in [0.29, 0.717) is 11.4 Å². The second kappa shape index (κ2) is 10.8. The number of aromatic nitrogens is 4. The number of nitrogens with zero attached hydrogens (tertiary/aromatic N) is 4. The van der Waals surface area contributed by atoms with Crippen LogP contribution in [0.4, 0.5) is 0 Å². The molecule has 0 amide bonds. The van der Waals surface area contributed by atoms with E-state index in [1.54, 1.807) is 0 Å². The van der Waals surface area contributed by atoms with Gasteiger partial charge in [0.05, 0.1) is 27.8 Å². The van der Waals surface area contributed by atoms with Crippen molar-refractivity contribution in [3.63, 3.8) is 0 Å². The number of para-hydroxylation sites is 5. The molecule has 0 saturated carbocycles. The van der Waals surface area contributed by atoms with Crippen LogP contribution in [0, 0.1) is 0 Å². The molecule has 0 aliphatic rings. The van der Waals surface area contributed by atoms with Crippen molar-refractivity contribution in [3.8, 4) is 34.0 Å². The van der Waals surface area contributed by atoms with Gasteiger partial charge in [0.15, 0.2) is 11.4 Å². The maximum atomic E-state index is 6.62. The van der Waals surface area contributed by atoms with Crippen molar-refractivity contribution in [1.29, 1.82) is 0 Å². The van der Waals surface area contributed by atoms with Crippen molar-refractivity contribution >= 4 is 65.7 Å². The Morgan fingerprint density at radius 1 is 0.451 bits per heavy atom. The van der Waals surface area contributed by atoms with Gasteiger partial charge in [-0.2, -0.15) is 0 Å². The predicted octanol–water partition coefficient (Wildman–Crippen LogP) is 11.9. The third-order valence-electron chi connectivity index (χ3n) is 10.1. The Bertz CT molecular complexity index is 3130. The Kier molecular flexibility index (Phi) is 5.89. The largest absolute Gasteiger partial charge is 0.452 e. The molecule has 5 heteroatoms. The molecule has 0 aliphatic carbocycles. The van der Waals surface area contributed by atoms with Crippen LogP contribution in [-0.4, -0.2) is 19.1 Å². The lowest BCUT2D eigenvalue weighted by molar-refractivity contribution is 0.667. The van der Waals surface area contributed by atoms with E-state index in [2.05, 4.69) is 143 Å². The zero-order valence-electron chi connectivity index (χ0n) is 27.4. The van der Waals surface area contributed by atoms with Gasteiger partial charge >= 0.3 is 0 Å². The first-order valence-electron chi connectivity index (χ1n) is 17.2. The fourth-order valence-corrected chi connectivity index (χ4v) is 7.97. The Balaban J connectivity index is 1.30. The zero-order valence-corrected chi connectivity index (χ0v) is 27.4. The van der Waals surface area contributed by atoms with Crippen molar-refractivity contribution < 1.29 is 4.42 Å².